The summed E-state index contributed by atoms with van der Waals surface area (Å²) in [6, 6.07) is 9.49. The van der Waals surface area contributed by atoms with Gasteiger partial charge in [-0.3, -0.25) is 5.43 Å². The first-order chi connectivity index (χ1) is 8.27. The summed E-state index contributed by atoms with van der Waals surface area (Å²) in [5.74, 6) is 0.451. The second kappa shape index (κ2) is 7.73. The fourth-order valence-corrected chi connectivity index (χ4v) is 1.56. The number of para-hydroxylation sites is 1. The van der Waals surface area contributed by atoms with Crippen LogP contribution in [0.3, 0.4) is 0 Å². The Morgan fingerprint density at radius 2 is 2.12 bits per heavy atom. The number of carbonyl (C=O) groups is 1. The predicted molar refractivity (Wildman–Crippen MR) is 72.5 cm³/mol. The smallest absolute Gasteiger partial charge is 0.354 e. The molecular formula is C12H16N2O2S. The Labute approximate surface area is 105 Å². The molecule has 92 valence electrons. The monoisotopic (exact) mass is 252 g/mol. The van der Waals surface area contributed by atoms with Gasteiger partial charge < -0.3 is 4.74 Å². The highest BCUT2D eigenvalue weighted by molar-refractivity contribution is 7.98. The van der Waals surface area contributed by atoms with Gasteiger partial charge in [-0.05, 0) is 24.1 Å². The summed E-state index contributed by atoms with van der Waals surface area (Å²) in [4.78, 5) is 11.4. The van der Waals surface area contributed by atoms with E-state index in [0.29, 0.717) is 12.1 Å². The van der Waals surface area contributed by atoms with Crippen molar-refractivity contribution in [3.63, 3.8) is 0 Å². The number of hydrogen-bond acceptors (Lipinski definition) is 5. The lowest BCUT2D eigenvalue weighted by Crippen LogP contribution is -2.18. The summed E-state index contributed by atoms with van der Waals surface area (Å²) in [5.41, 5.74) is 4.10. The minimum atomic E-state index is -0.387. The molecule has 0 aliphatic rings. The van der Waals surface area contributed by atoms with Crippen molar-refractivity contribution in [3.05, 3.63) is 30.3 Å². The standard InChI is InChI=1S/C12H16N2O2S/c1-16-12(15)11(8-9-17-2)14-13-10-6-4-3-5-7-10/h3-7,13H,8-9H2,1-2H3/b14-11+. The van der Waals surface area contributed by atoms with E-state index >= 15 is 0 Å². The van der Waals surface area contributed by atoms with Gasteiger partial charge in [0.2, 0.25) is 0 Å². The number of benzene rings is 1. The number of hydrogen-bond donors (Lipinski definition) is 1. The fourth-order valence-electron chi connectivity index (χ4n) is 1.16. The van der Waals surface area contributed by atoms with E-state index in [4.69, 9.17) is 0 Å². The predicted octanol–water partition coefficient (Wildman–Crippen LogP) is 2.38. The third-order valence-corrected chi connectivity index (χ3v) is 2.67. The zero-order chi connectivity index (χ0) is 12.5. The summed E-state index contributed by atoms with van der Waals surface area (Å²) >= 11 is 1.66. The Kier molecular flexibility index (Phi) is 6.17. The second-order valence-electron chi connectivity index (χ2n) is 3.27. The Morgan fingerprint density at radius 1 is 1.41 bits per heavy atom. The maximum atomic E-state index is 11.4. The molecular weight excluding hydrogens is 236 g/mol. The van der Waals surface area contributed by atoms with E-state index < -0.39 is 0 Å². The Balaban J connectivity index is 2.65. The number of nitrogens with one attached hydrogen (secondary N) is 1. The second-order valence-corrected chi connectivity index (χ2v) is 4.26. The highest BCUT2D eigenvalue weighted by atomic mass is 32.2. The molecule has 1 aromatic rings. The molecule has 0 aliphatic heterocycles. The number of nitrogens with zero attached hydrogens (tertiary/aromatic N) is 1. The van der Waals surface area contributed by atoms with E-state index in [1.54, 1.807) is 11.8 Å². The average molecular weight is 252 g/mol. The van der Waals surface area contributed by atoms with Gasteiger partial charge in [0.25, 0.3) is 0 Å². The van der Waals surface area contributed by atoms with Gasteiger partial charge in [0, 0.05) is 6.42 Å². The van der Waals surface area contributed by atoms with Crippen LogP contribution < -0.4 is 5.43 Å². The Bertz CT molecular complexity index is 379. The van der Waals surface area contributed by atoms with Gasteiger partial charge in [-0.15, -0.1) is 0 Å². The van der Waals surface area contributed by atoms with Crippen LogP contribution in [-0.4, -0.2) is 30.8 Å². The summed E-state index contributed by atoms with van der Waals surface area (Å²) in [6.45, 7) is 0. The van der Waals surface area contributed by atoms with Gasteiger partial charge in [-0.1, -0.05) is 18.2 Å². The van der Waals surface area contributed by atoms with Gasteiger partial charge in [-0.2, -0.15) is 16.9 Å². The summed E-state index contributed by atoms with van der Waals surface area (Å²) in [5, 5.41) is 4.08. The molecule has 0 amide bonds. The SMILES string of the molecule is COC(=O)/C(CCSC)=N/Nc1ccccc1. The largest absolute Gasteiger partial charge is 0.464 e. The number of ether oxygens (including phenoxy) is 1. The molecule has 4 nitrogen and oxygen atoms in total. The molecule has 5 heteroatoms. The molecule has 0 aromatic heterocycles. The van der Waals surface area contributed by atoms with Crippen LogP contribution in [0.1, 0.15) is 6.42 Å². The number of methoxy groups -OCH3 is 1. The Morgan fingerprint density at radius 3 is 2.71 bits per heavy atom. The highest BCUT2D eigenvalue weighted by Crippen LogP contribution is 2.06. The van der Waals surface area contributed by atoms with Gasteiger partial charge >= 0.3 is 5.97 Å². The molecule has 0 atom stereocenters. The van der Waals surface area contributed by atoms with Crippen LogP contribution in [0.2, 0.25) is 0 Å². The molecule has 0 heterocycles. The first-order valence-electron chi connectivity index (χ1n) is 5.22. The first kappa shape index (κ1) is 13.6. The van der Waals surface area contributed by atoms with E-state index in [0.717, 1.165) is 11.4 Å². The van der Waals surface area contributed by atoms with Crippen molar-refractivity contribution >= 4 is 29.1 Å². The number of anilines is 1. The van der Waals surface area contributed by atoms with Crippen molar-refractivity contribution in [2.24, 2.45) is 5.10 Å². The summed E-state index contributed by atoms with van der Waals surface area (Å²) in [6.07, 6.45) is 2.58. The van der Waals surface area contributed by atoms with E-state index in [2.05, 4.69) is 15.3 Å². The molecule has 0 bridgehead atoms. The zero-order valence-electron chi connectivity index (χ0n) is 9.97. The van der Waals surface area contributed by atoms with Crippen LogP contribution in [-0.2, 0) is 9.53 Å². The maximum Gasteiger partial charge on any atom is 0.354 e. The first-order valence-corrected chi connectivity index (χ1v) is 6.62. The van der Waals surface area contributed by atoms with E-state index in [1.807, 2.05) is 36.6 Å². The molecule has 0 saturated heterocycles. The molecule has 0 radical (unpaired) electrons. The van der Waals surface area contributed by atoms with Gasteiger partial charge in [-0.25, -0.2) is 4.79 Å². The molecule has 1 rings (SSSR count). The third kappa shape index (κ3) is 4.91. The third-order valence-electron chi connectivity index (χ3n) is 2.06. The van der Waals surface area contributed by atoms with Crippen LogP contribution in [0.15, 0.2) is 35.4 Å². The lowest BCUT2D eigenvalue weighted by molar-refractivity contribution is -0.132. The van der Waals surface area contributed by atoms with Crippen molar-refractivity contribution in [1.29, 1.82) is 0 Å². The summed E-state index contributed by atoms with van der Waals surface area (Å²) < 4.78 is 4.68. The van der Waals surface area contributed by atoms with Crippen molar-refractivity contribution < 1.29 is 9.53 Å². The van der Waals surface area contributed by atoms with Gasteiger partial charge in [0.1, 0.15) is 5.71 Å². The number of thioether (sulfide) groups is 1. The van der Waals surface area contributed by atoms with Crippen molar-refractivity contribution in [2.45, 2.75) is 6.42 Å². The number of hydrazone groups is 1. The Hall–Kier alpha value is -1.49. The quantitative estimate of drug-likeness (QED) is 0.480. The van der Waals surface area contributed by atoms with Crippen LogP contribution in [0.25, 0.3) is 0 Å². The minimum Gasteiger partial charge on any atom is -0.464 e. The molecule has 1 N–H and O–H groups in total. The highest BCUT2D eigenvalue weighted by Gasteiger charge is 2.11. The molecule has 0 spiro atoms. The molecule has 0 fully saturated rings. The van der Waals surface area contributed by atoms with Crippen LogP contribution in [0.5, 0.6) is 0 Å². The van der Waals surface area contributed by atoms with Crippen molar-refractivity contribution in [3.8, 4) is 0 Å². The molecule has 1 aromatic carbocycles. The van der Waals surface area contributed by atoms with E-state index in [-0.39, 0.29) is 5.97 Å². The zero-order valence-corrected chi connectivity index (χ0v) is 10.8. The maximum absolute atomic E-state index is 11.4. The minimum absolute atomic E-state index is 0.387. The lowest BCUT2D eigenvalue weighted by atomic mass is 10.3. The van der Waals surface area contributed by atoms with E-state index in [1.165, 1.54) is 7.11 Å². The molecule has 0 saturated carbocycles. The fraction of sp³-hybridized carbons (Fsp3) is 0.333. The lowest BCUT2D eigenvalue weighted by Gasteiger charge is -2.05. The average Bonchev–Trinajstić information content (AvgIpc) is 2.39. The van der Waals surface area contributed by atoms with Gasteiger partial charge in [0.15, 0.2) is 0 Å². The molecule has 0 aliphatic carbocycles. The number of carbonyl (C=O) groups excluding carboxylic acids is 1. The van der Waals surface area contributed by atoms with Crippen molar-refractivity contribution in [1.82, 2.24) is 0 Å². The van der Waals surface area contributed by atoms with Crippen LogP contribution >= 0.6 is 11.8 Å². The molecule has 0 unspecified atom stereocenters. The normalized spacial score (nSPS) is 11.1. The van der Waals surface area contributed by atoms with Crippen LogP contribution in [0.4, 0.5) is 5.69 Å². The van der Waals surface area contributed by atoms with Gasteiger partial charge in [0.05, 0.1) is 12.8 Å². The van der Waals surface area contributed by atoms with E-state index in [9.17, 15) is 4.79 Å². The topological polar surface area (TPSA) is 50.7 Å². The van der Waals surface area contributed by atoms with Crippen LogP contribution in [0, 0.1) is 0 Å². The molecule has 17 heavy (non-hydrogen) atoms. The van der Waals surface area contributed by atoms with Crippen molar-refractivity contribution in [2.75, 3.05) is 24.5 Å². The number of esters is 1. The number of rotatable bonds is 6. The summed E-state index contributed by atoms with van der Waals surface area (Å²) in [7, 11) is 1.36.